The molecule has 1 rings (SSSR count). The molecule has 0 aliphatic carbocycles. The molecule has 0 bridgehead atoms. The van der Waals surface area contributed by atoms with Gasteiger partial charge in [0, 0.05) is 0 Å². The summed E-state index contributed by atoms with van der Waals surface area (Å²) in [6.45, 7) is 3.96. The number of terminal acetylenes is 1. The zero-order valence-corrected chi connectivity index (χ0v) is 7.33. The molecule has 0 fully saturated rings. The molecule has 0 saturated heterocycles. The number of aliphatic hydroxyl groups excluding tert-OH is 1. The van der Waals surface area contributed by atoms with Crippen molar-refractivity contribution < 1.29 is 5.11 Å². The van der Waals surface area contributed by atoms with E-state index in [-0.39, 0.29) is 0 Å². The Morgan fingerprint density at radius 2 is 2.08 bits per heavy atom. The first-order valence-electron chi connectivity index (χ1n) is 3.86. The highest BCUT2D eigenvalue weighted by molar-refractivity contribution is 5.34. The van der Waals surface area contributed by atoms with Crippen molar-refractivity contribution in [1.29, 1.82) is 0 Å². The summed E-state index contributed by atoms with van der Waals surface area (Å²) in [5.74, 6) is 2.30. The van der Waals surface area contributed by atoms with Crippen LogP contribution in [0.4, 0.5) is 0 Å². The number of rotatable bonds is 1. The minimum atomic E-state index is -0.773. The fourth-order valence-corrected chi connectivity index (χ4v) is 1.22. The zero-order chi connectivity index (χ0) is 9.14. The van der Waals surface area contributed by atoms with Gasteiger partial charge in [-0.05, 0) is 25.0 Å². The van der Waals surface area contributed by atoms with E-state index in [4.69, 9.17) is 6.42 Å². The van der Waals surface area contributed by atoms with E-state index in [0.29, 0.717) is 0 Å². The maximum absolute atomic E-state index is 9.36. The van der Waals surface area contributed by atoms with E-state index in [1.54, 1.807) is 0 Å². The van der Waals surface area contributed by atoms with Crippen LogP contribution in [-0.2, 0) is 0 Å². The van der Waals surface area contributed by atoms with Gasteiger partial charge in [-0.2, -0.15) is 0 Å². The van der Waals surface area contributed by atoms with Crippen molar-refractivity contribution in [2.24, 2.45) is 0 Å². The molecule has 0 amide bonds. The SMILES string of the molecule is C#CC(O)c1ccc(C)cc1C. The summed E-state index contributed by atoms with van der Waals surface area (Å²) in [4.78, 5) is 0. The van der Waals surface area contributed by atoms with Crippen LogP contribution in [0.5, 0.6) is 0 Å². The summed E-state index contributed by atoms with van der Waals surface area (Å²) in [7, 11) is 0. The third-order valence-corrected chi connectivity index (χ3v) is 1.88. The molecule has 1 unspecified atom stereocenters. The molecule has 1 aromatic carbocycles. The van der Waals surface area contributed by atoms with Crippen molar-refractivity contribution in [3.63, 3.8) is 0 Å². The summed E-state index contributed by atoms with van der Waals surface area (Å²) in [5.41, 5.74) is 3.05. The molecular formula is C11H12O. The molecule has 0 saturated carbocycles. The highest BCUT2D eigenvalue weighted by atomic mass is 16.3. The molecule has 0 aromatic heterocycles. The number of hydrogen-bond donors (Lipinski definition) is 1. The van der Waals surface area contributed by atoms with Gasteiger partial charge in [0.15, 0.2) is 0 Å². The van der Waals surface area contributed by atoms with E-state index < -0.39 is 6.10 Å². The predicted octanol–water partition coefficient (Wildman–Crippen LogP) is 1.97. The molecule has 0 aliphatic rings. The molecule has 0 radical (unpaired) electrons. The molecule has 0 aliphatic heterocycles. The number of aryl methyl sites for hydroxylation is 2. The summed E-state index contributed by atoms with van der Waals surface area (Å²) >= 11 is 0. The van der Waals surface area contributed by atoms with Crippen LogP contribution in [0.2, 0.25) is 0 Å². The molecule has 1 heteroatoms. The smallest absolute Gasteiger partial charge is 0.140 e. The van der Waals surface area contributed by atoms with Gasteiger partial charge in [0.2, 0.25) is 0 Å². The van der Waals surface area contributed by atoms with E-state index in [9.17, 15) is 5.11 Å². The monoisotopic (exact) mass is 160 g/mol. The third-order valence-electron chi connectivity index (χ3n) is 1.88. The Morgan fingerprint density at radius 3 is 2.58 bits per heavy atom. The predicted molar refractivity (Wildman–Crippen MR) is 49.7 cm³/mol. The lowest BCUT2D eigenvalue weighted by atomic mass is 10.0. The van der Waals surface area contributed by atoms with Crippen LogP contribution in [0.15, 0.2) is 18.2 Å². The lowest BCUT2D eigenvalue weighted by Gasteiger charge is -2.07. The Morgan fingerprint density at radius 1 is 1.42 bits per heavy atom. The Bertz CT molecular complexity index is 320. The van der Waals surface area contributed by atoms with E-state index in [0.717, 1.165) is 11.1 Å². The van der Waals surface area contributed by atoms with E-state index in [1.165, 1.54) is 5.56 Å². The van der Waals surface area contributed by atoms with Crippen molar-refractivity contribution >= 4 is 0 Å². The second-order valence-corrected chi connectivity index (χ2v) is 2.93. The second-order valence-electron chi connectivity index (χ2n) is 2.93. The van der Waals surface area contributed by atoms with Gasteiger partial charge < -0.3 is 5.11 Å². The quantitative estimate of drug-likeness (QED) is 0.623. The van der Waals surface area contributed by atoms with Crippen molar-refractivity contribution in [2.45, 2.75) is 20.0 Å². The summed E-state index contributed by atoms with van der Waals surface area (Å²) in [5, 5.41) is 9.36. The zero-order valence-electron chi connectivity index (χ0n) is 7.33. The van der Waals surface area contributed by atoms with Crippen LogP contribution in [0.1, 0.15) is 22.8 Å². The average Bonchev–Trinajstić information content (AvgIpc) is 2.03. The van der Waals surface area contributed by atoms with Crippen LogP contribution < -0.4 is 0 Å². The van der Waals surface area contributed by atoms with Crippen molar-refractivity contribution in [2.75, 3.05) is 0 Å². The average molecular weight is 160 g/mol. The first kappa shape index (κ1) is 8.83. The number of hydrogen-bond acceptors (Lipinski definition) is 1. The minimum Gasteiger partial charge on any atom is -0.376 e. The maximum atomic E-state index is 9.36. The van der Waals surface area contributed by atoms with Crippen LogP contribution >= 0.6 is 0 Å². The molecular weight excluding hydrogens is 148 g/mol. The molecule has 1 N–H and O–H groups in total. The molecule has 12 heavy (non-hydrogen) atoms. The van der Waals surface area contributed by atoms with Gasteiger partial charge in [-0.3, -0.25) is 0 Å². The molecule has 1 aromatic rings. The van der Waals surface area contributed by atoms with E-state index in [2.05, 4.69) is 5.92 Å². The fourth-order valence-electron chi connectivity index (χ4n) is 1.22. The lowest BCUT2D eigenvalue weighted by Crippen LogP contribution is -1.96. The van der Waals surface area contributed by atoms with Crippen LogP contribution in [0.3, 0.4) is 0 Å². The number of benzene rings is 1. The van der Waals surface area contributed by atoms with Crippen LogP contribution in [-0.4, -0.2) is 5.11 Å². The highest BCUT2D eigenvalue weighted by Crippen LogP contribution is 2.17. The number of aliphatic hydroxyl groups is 1. The molecule has 0 spiro atoms. The van der Waals surface area contributed by atoms with Crippen LogP contribution in [0.25, 0.3) is 0 Å². The highest BCUT2D eigenvalue weighted by Gasteiger charge is 2.05. The van der Waals surface area contributed by atoms with E-state index in [1.807, 2.05) is 32.0 Å². The van der Waals surface area contributed by atoms with Gasteiger partial charge in [0.05, 0.1) is 0 Å². The van der Waals surface area contributed by atoms with Crippen molar-refractivity contribution in [3.05, 3.63) is 34.9 Å². The van der Waals surface area contributed by atoms with Crippen molar-refractivity contribution in [1.82, 2.24) is 0 Å². The summed E-state index contributed by atoms with van der Waals surface area (Å²) < 4.78 is 0. The largest absolute Gasteiger partial charge is 0.376 e. The van der Waals surface area contributed by atoms with Gasteiger partial charge >= 0.3 is 0 Å². The van der Waals surface area contributed by atoms with Gasteiger partial charge in [-0.15, -0.1) is 6.42 Å². The van der Waals surface area contributed by atoms with E-state index >= 15 is 0 Å². The first-order valence-corrected chi connectivity index (χ1v) is 3.86. The second kappa shape index (κ2) is 3.42. The molecule has 62 valence electrons. The van der Waals surface area contributed by atoms with Gasteiger partial charge in [0.25, 0.3) is 0 Å². The van der Waals surface area contributed by atoms with Crippen molar-refractivity contribution in [3.8, 4) is 12.3 Å². The van der Waals surface area contributed by atoms with Gasteiger partial charge in [-0.25, -0.2) is 0 Å². The normalized spacial score (nSPS) is 12.2. The Balaban J connectivity index is 3.11. The maximum Gasteiger partial charge on any atom is 0.140 e. The molecule has 1 nitrogen and oxygen atoms in total. The minimum absolute atomic E-state index is 0.773. The standard InChI is InChI=1S/C11H12O/c1-4-11(12)10-6-5-8(2)7-9(10)3/h1,5-7,11-12H,2-3H3. The fraction of sp³-hybridized carbons (Fsp3) is 0.273. The third kappa shape index (κ3) is 1.66. The first-order chi connectivity index (χ1) is 5.65. The molecule has 1 atom stereocenters. The Labute approximate surface area is 73.0 Å². The Hall–Kier alpha value is -1.26. The molecule has 0 heterocycles. The van der Waals surface area contributed by atoms with Crippen LogP contribution in [0, 0.1) is 26.2 Å². The summed E-state index contributed by atoms with van der Waals surface area (Å²) in [6.07, 6.45) is 4.34. The topological polar surface area (TPSA) is 20.2 Å². The Kier molecular flexibility index (Phi) is 2.52. The van der Waals surface area contributed by atoms with Gasteiger partial charge in [0.1, 0.15) is 6.10 Å². The lowest BCUT2D eigenvalue weighted by molar-refractivity contribution is 0.238. The van der Waals surface area contributed by atoms with Gasteiger partial charge in [-0.1, -0.05) is 29.7 Å². The summed E-state index contributed by atoms with van der Waals surface area (Å²) in [6, 6.07) is 5.83.